The van der Waals surface area contributed by atoms with E-state index in [2.05, 4.69) is 26.9 Å². The first kappa shape index (κ1) is 14.6. The summed E-state index contributed by atoms with van der Waals surface area (Å²) < 4.78 is 17.3. The van der Waals surface area contributed by atoms with E-state index in [9.17, 15) is 0 Å². The van der Waals surface area contributed by atoms with Crippen molar-refractivity contribution in [2.24, 2.45) is 0 Å². The van der Waals surface area contributed by atoms with Crippen molar-refractivity contribution in [2.45, 2.75) is 63.1 Å². The van der Waals surface area contributed by atoms with Gasteiger partial charge in [-0.25, -0.2) is 4.98 Å². The van der Waals surface area contributed by atoms with Crippen molar-refractivity contribution in [3.05, 3.63) is 29.6 Å². The van der Waals surface area contributed by atoms with Crippen LogP contribution in [-0.2, 0) is 11.3 Å². The average Bonchev–Trinajstić information content (AvgIpc) is 3.51. The molecule has 7 nitrogen and oxygen atoms in total. The van der Waals surface area contributed by atoms with Gasteiger partial charge in [0, 0.05) is 18.4 Å². The van der Waals surface area contributed by atoms with Gasteiger partial charge in [-0.15, -0.1) is 0 Å². The lowest BCUT2D eigenvalue weighted by Crippen LogP contribution is -2.43. The minimum Gasteiger partial charge on any atom is -0.444 e. The normalized spacial score (nSPS) is 28.4. The topological polar surface area (TPSA) is 77.4 Å². The number of rotatable bonds is 5. The molecular formula is C17H22N4O3. The Hall–Kier alpha value is -1.73. The zero-order valence-electron chi connectivity index (χ0n) is 13.9. The van der Waals surface area contributed by atoms with Crippen molar-refractivity contribution < 1.29 is 13.7 Å². The van der Waals surface area contributed by atoms with Crippen LogP contribution >= 0.6 is 0 Å². The van der Waals surface area contributed by atoms with E-state index < -0.39 is 0 Å². The van der Waals surface area contributed by atoms with Gasteiger partial charge in [-0.05, 0) is 32.6 Å². The van der Waals surface area contributed by atoms with Crippen LogP contribution in [0.15, 0.2) is 15.1 Å². The highest BCUT2D eigenvalue weighted by Gasteiger charge is 2.38. The molecule has 0 N–H and O–H groups in total. The molecule has 1 aliphatic heterocycles. The highest BCUT2D eigenvalue weighted by molar-refractivity contribution is 5.09. The molecule has 3 heterocycles. The smallest absolute Gasteiger partial charge is 0.246 e. The Kier molecular flexibility index (Phi) is 3.45. The van der Waals surface area contributed by atoms with E-state index in [0.29, 0.717) is 30.9 Å². The summed E-state index contributed by atoms with van der Waals surface area (Å²) in [5, 5.41) is 4.16. The quantitative estimate of drug-likeness (QED) is 0.834. The lowest BCUT2D eigenvalue weighted by atomic mass is 10.1. The maximum absolute atomic E-state index is 5.92. The first-order valence-electron chi connectivity index (χ1n) is 8.91. The lowest BCUT2D eigenvalue weighted by molar-refractivity contribution is -0.0786. The number of ether oxygens (including phenoxy) is 1. The second-order valence-electron chi connectivity index (χ2n) is 7.19. The van der Waals surface area contributed by atoms with Crippen molar-refractivity contribution in [3.8, 4) is 0 Å². The number of nitrogens with zero attached hydrogens (tertiary/aromatic N) is 4. The molecule has 0 spiro atoms. The molecule has 1 saturated heterocycles. The van der Waals surface area contributed by atoms with Crippen LogP contribution in [0.4, 0.5) is 0 Å². The Morgan fingerprint density at radius 1 is 1.21 bits per heavy atom. The molecule has 5 rings (SSSR count). The Bertz CT molecular complexity index is 719. The molecule has 2 aliphatic carbocycles. The molecule has 2 aromatic rings. The van der Waals surface area contributed by atoms with Gasteiger partial charge in [-0.2, -0.15) is 4.98 Å². The third-order valence-electron chi connectivity index (χ3n) is 5.14. The highest BCUT2D eigenvalue weighted by Crippen LogP contribution is 2.41. The monoisotopic (exact) mass is 330 g/mol. The fourth-order valence-electron chi connectivity index (χ4n) is 3.42. The second kappa shape index (κ2) is 5.67. The number of morpholine rings is 1. The van der Waals surface area contributed by atoms with Crippen LogP contribution in [0.5, 0.6) is 0 Å². The fraction of sp³-hybridized carbons (Fsp3) is 0.706. The summed E-state index contributed by atoms with van der Waals surface area (Å²) in [7, 11) is 0. The van der Waals surface area contributed by atoms with Crippen LogP contribution in [-0.4, -0.2) is 39.3 Å². The zero-order valence-corrected chi connectivity index (χ0v) is 13.9. The summed E-state index contributed by atoms with van der Waals surface area (Å²) in [4.78, 5) is 11.4. The molecular weight excluding hydrogens is 308 g/mol. The Morgan fingerprint density at radius 2 is 2.04 bits per heavy atom. The fourth-order valence-corrected chi connectivity index (χ4v) is 3.42. The zero-order chi connectivity index (χ0) is 16.1. The van der Waals surface area contributed by atoms with E-state index in [0.717, 1.165) is 24.0 Å². The molecule has 3 fully saturated rings. The molecule has 7 heteroatoms. The average molecular weight is 330 g/mol. The largest absolute Gasteiger partial charge is 0.444 e. The summed E-state index contributed by atoms with van der Waals surface area (Å²) in [6.45, 7) is 4.20. The molecule has 128 valence electrons. The highest BCUT2D eigenvalue weighted by atomic mass is 16.5. The van der Waals surface area contributed by atoms with Gasteiger partial charge in [0.25, 0.3) is 0 Å². The molecule has 24 heavy (non-hydrogen) atoms. The lowest BCUT2D eigenvalue weighted by Gasteiger charge is -2.36. The Labute approximate surface area is 140 Å². The van der Waals surface area contributed by atoms with Gasteiger partial charge in [-0.3, -0.25) is 4.90 Å². The summed E-state index contributed by atoms with van der Waals surface area (Å²) in [5.41, 5.74) is 0. The SMILES string of the molecule is C[C@H]1OCCN(Cc2ncc(C3CC3)o2)[C@@H]1c1nc(C2CC2)no1. The Balaban J connectivity index is 1.36. The van der Waals surface area contributed by atoms with Crippen LogP contribution in [0, 0.1) is 0 Å². The van der Waals surface area contributed by atoms with Gasteiger partial charge in [0.15, 0.2) is 5.82 Å². The van der Waals surface area contributed by atoms with Crippen molar-refractivity contribution >= 4 is 0 Å². The van der Waals surface area contributed by atoms with Gasteiger partial charge >= 0.3 is 0 Å². The number of oxazole rings is 1. The molecule has 0 unspecified atom stereocenters. The maximum Gasteiger partial charge on any atom is 0.246 e. The van der Waals surface area contributed by atoms with Crippen LogP contribution < -0.4 is 0 Å². The van der Waals surface area contributed by atoms with E-state index in [-0.39, 0.29) is 12.1 Å². The molecule has 0 radical (unpaired) electrons. The van der Waals surface area contributed by atoms with Gasteiger partial charge in [0.2, 0.25) is 11.8 Å². The minimum atomic E-state index is -0.0463. The summed E-state index contributed by atoms with van der Waals surface area (Å²) in [6.07, 6.45) is 6.66. The van der Waals surface area contributed by atoms with Gasteiger partial charge in [-0.1, -0.05) is 5.16 Å². The summed E-state index contributed by atoms with van der Waals surface area (Å²) in [5.74, 6) is 4.36. The predicted molar refractivity (Wildman–Crippen MR) is 83.3 cm³/mol. The molecule has 2 aromatic heterocycles. The van der Waals surface area contributed by atoms with E-state index in [4.69, 9.17) is 13.7 Å². The molecule has 0 bridgehead atoms. The van der Waals surface area contributed by atoms with E-state index >= 15 is 0 Å². The maximum atomic E-state index is 5.92. The molecule has 2 atom stereocenters. The number of hydrogen-bond donors (Lipinski definition) is 0. The second-order valence-corrected chi connectivity index (χ2v) is 7.19. The van der Waals surface area contributed by atoms with Crippen LogP contribution in [0.2, 0.25) is 0 Å². The first-order valence-corrected chi connectivity index (χ1v) is 8.91. The van der Waals surface area contributed by atoms with Crippen LogP contribution in [0.3, 0.4) is 0 Å². The third-order valence-corrected chi connectivity index (χ3v) is 5.14. The van der Waals surface area contributed by atoms with Gasteiger partial charge in [0.1, 0.15) is 11.8 Å². The van der Waals surface area contributed by atoms with Gasteiger partial charge in [0.05, 0.1) is 25.5 Å². The van der Waals surface area contributed by atoms with Crippen molar-refractivity contribution in [3.63, 3.8) is 0 Å². The van der Waals surface area contributed by atoms with Crippen molar-refractivity contribution in [2.75, 3.05) is 13.2 Å². The van der Waals surface area contributed by atoms with E-state index in [1.807, 2.05) is 6.20 Å². The standard InChI is InChI=1S/C17H22N4O3/c1-10-15(17-19-16(20-24-17)12-4-5-12)21(6-7-22-10)9-14-18-8-13(23-14)11-2-3-11/h8,10-12,15H,2-7,9H2,1H3/t10-,15+/m1/s1. The molecule has 0 aromatic carbocycles. The first-order chi connectivity index (χ1) is 11.8. The molecule has 3 aliphatic rings. The number of aromatic nitrogens is 3. The summed E-state index contributed by atoms with van der Waals surface area (Å²) >= 11 is 0. The minimum absolute atomic E-state index is 0.00381. The van der Waals surface area contributed by atoms with Crippen molar-refractivity contribution in [1.29, 1.82) is 0 Å². The van der Waals surface area contributed by atoms with Crippen molar-refractivity contribution in [1.82, 2.24) is 20.0 Å². The molecule has 0 amide bonds. The van der Waals surface area contributed by atoms with E-state index in [1.165, 1.54) is 25.7 Å². The predicted octanol–water partition coefficient (Wildman–Crippen LogP) is 2.77. The molecule has 2 saturated carbocycles. The summed E-state index contributed by atoms with van der Waals surface area (Å²) in [6, 6.07) is -0.0463. The number of hydrogen-bond acceptors (Lipinski definition) is 7. The Morgan fingerprint density at radius 3 is 2.83 bits per heavy atom. The van der Waals surface area contributed by atoms with Crippen LogP contribution in [0.25, 0.3) is 0 Å². The third kappa shape index (κ3) is 2.75. The van der Waals surface area contributed by atoms with Crippen LogP contribution in [0.1, 0.15) is 73.9 Å². The van der Waals surface area contributed by atoms with Gasteiger partial charge < -0.3 is 13.7 Å². The van der Waals surface area contributed by atoms with E-state index in [1.54, 1.807) is 0 Å².